The Hall–Kier alpha value is -5.50. The van der Waals surface area contributed by atoms with Crippen LogP contribution in [0, 0.1) is 0 Å². The third-order valence-corrected chi connectivity index (χ3v) is 9.35. The average molecular weight is 602 g/mol. The van der Waals surface area contributed by atoms with Gasteiger partial charge in [0.1, 0.15) is 0 Å². The minimum atomic E-state index is -0.707. The van der Waals surface area contributed by atoms with Gasteiger partial charge in [-0.15, -0.1) is 11.3 Å². The zero-order valence-corrected chi connectivity index (χ0v) is 24.4. The minimum absolute atomic E-state index is 0.0918. The van der Waals surface area contributed by atoms with Crippen molar-refractivity contribution in [3.63, 3.8) is 0 Å². The minimum Gasteiger partial charge on any atom is -0.135 e. The molecule has 0 nitrogen and oxygen atoms in total. The summed E-state index contributed by atoms with van der Waals surface area (Å²) in [4.78, 5) is 0. The van der Waals surface area contributed by atoms with E-state index in [0.29, 0.717) is 5.56 Å². The van der Waals surface area contributed by atoms with Gasteiger partial charge in [-0.3, -0.25) is 0 Å². The van der Waals surface area contributed by atoms with E-state index in [0.717, 1.165) is 42.4 Å². The van der Waals surface area contributed by atoms with E-state index in [-0.39, 0.29) is 32.7 Å². The van der Waals surface area contributed by atoms with Crippen LogP contribution in [0.15, 0.2) is 170 Å². The van der Waals surface area contributed by atoms with Gasteiger partial charge in [-0.05, 0) is 78.2 Å². The molecule has 0 aliphatic rings. The highest BCUT2D eigenvalue weighted by Crippen LogP contribution is 2.47. The quantitative estimate of drug-likeness (QED) is 0.176. The molecule has 0 fully saturated rings. The molecule has 0 bridgehead atoms. The Morgan fingerprint density at radius 1 is 0.356 bits per heavy atom. The lowest BCUT2D eigenvalue weighted by atomic mass is 9.85. The molecule has 0 N–H and O–H groups in total. The maximum atomic E-state index is 9.27. The maximum absolute atomic E-state index is 9.27. The highest BCUT2D eigenvalue weighted by atomic mass is 32.1. The van der Waals surface area contributed by atoms with Gasteiger partial charge in [0.2, 0.25) is 0 Å². The first-order valence-corrected chi connectivity index (χ1v) is 15.2. The van der Waals surface area contributed by atoms with E-state index in [1.54, 1.807) is 23.5 Å². The van der Waals surface area contributed by atoms with E-state index in [9.17, 15) is 5.48 Å². The summed E-state index contributed by atoms with van der Waals surface area (Å²) < 4.78 is 117. The molecule has 0 aliphatic carbocycles. The molecule has 0 aliphatic heterocycles. The standard InChI is InChI=1S/C44H28S/c1-3-13-29(14-4-1)33-27-28-40-44(38-21-11-12-22-39(38)45-40)43(33)32-25-23-31(24-26-32)42-36-19-9-7-17-34(36)41(30-15-5-2-6-16-30)35-18-8-10-20-37(35)42/h1-28H/i2D,5D,6D,7D,8D,9D,10D,15D,16D,17D,18D,19D,20D. The lowest BCUT2D eigenvalue weighted by Gasteiger charge is -2.18. The maximum Gasteiger partial charge on any atom is 0.0629 e. The van der Waals surface area contributed by atoms with Crippen molar-refractivity contribution in [2.45, 2.75) is 0 Å². The number of rotatable bonds is 4. The molecule has 9 rings (SSSR count). The molecule has 1 heterocycles. The molecule has 1 aromatic heterocycles. The number of hydrogen-bond acceptors (Lipinski definition) is 1. The predicted octanol–water partition coefficient (Wildman–Crippen LogP) is 13.0. The molecule has 45 heavy (non-hydrogen) atoms. The Morgan fingerprint density at radius 3 is 1.53 bits per heavy atom. The number of benzene rings is 8. The number of hydrogen-bond donors (Lipinski definition) is 0. The van der Waals surface area contributed by atoms with Crippen LogP contribution in [0.1, 0.15) is 17.8 Å². The molecule has 210 valence electrons. The fourth-order valence-electron chi connectivity index (χ4n) is 6.32. The van der Waals surface area contributed by atoms with Gasteiger partial charge in [0.05, 0.1) is 17.8 Å². The van der Waals surface area contributed by atoms with Gasteiger partial charge in [-0.1, -0.05) is 157 Å². The van der Waals surface area contributed by atoms with Gasteiger partial charge in [0.15, 0.2) is 0 Å². The molecule has 0 unspecified atom stereocenters. The van der Waals surface area contributed by atoms with Gasteiger partial charge < -0.3 is 0 Å². The van der Waals surface area contributed by atoms with Crippen molar-refractivity contribution < 1.29 is 17.8 Å². The Labute approximate surface area is 284 Å². The zero-order valence-electron chi connectivity index (χ0n) is 36.6. The SMILES string of the molecule is [2H]c1c([2H])c([2H])c(-c2c3c([2H])c([2H])c([2H])c([2H])c3c(-c3ccc(-c4c(-c5ccccc5)ccc5sc6ccccc6c45)cc3)c3c([2H])c([2H])c([2H])c([2H])c23)c([2H])c1[2H]. The van der Waals surface area contributed by atoms with E-state index in [1.165, 1.54) is 0 Å². The summed E-state index contributed by atoms with van der Waals surface area (Å²) in [7, 11) is 0. The van der Waals surface area contributed by atoms with Gasteiger partial charge in [0, 0.05) is 20.2 Å². The monoisotopic (exact) mass is 601 g/mol. The smallest absolute Gasteiger partial charge is 0.0629 e. The fourth-order valence-corrected chi connectivity index (χ4v) is 7.43. The van der Waals surface area contributed by atoms with Crippen LogP contribution in [-0.2, 0) is 0 Å². The molecular weight excluding hydrogens is 561 g/mol. The van der Waals surface area contributed by atoms with Crippen LogP contribution in [0.5, 0.6) is 0 Å². The van der Waals surface area contributed by atoms with Crippen LogP contribution < -0.4 is 0 Å². The average Bonchev–Trinajstić information content (AvgIpc) is 3.63. The van der Waals surface area contributed by atoms with Gasteiger partial charge in [-0.25, -0.2) is 0 Å². The number of thiophene rings is 1. The second-order valence-corrected chi connectivity index (χ2v) is 11.7. The largest absolute Gasteiger partial charge is 0.135 e. The van der Waals surface area contributed by atoms with Crippen LogP contribution in [0.3, 0.4) is 0 Å². The highest BCUT2D eigenvalue weighted by molar-refractivity contribution is 7.26. The summed E-state index contributed by atoms with van der Waals surface area (Å²) in [5.74, 6) is 0. The van der Waals surface area contributed by atoms with E-state index in [4.69, 9.17) is 12.3 Å². The van der Waals surface area contributed by atoms with Crippen molar-refractivity contribution in [1.29, 1.82) is 0 Å². The second kappa shape index (κ2) is 10.6. The summed E-state index contributed by atoms with van der Waals surface area (Å²) >= 11 is 1.69. The van der Waals surface area contributed by atoms with E-state index in [2.05, 4.69) is 24.3 Å². The lowest BCUT2D eigenvalue weighted by molar-refractivity contribution is 1.61. The summed E-state index contributed by atoms with van der Waals surface area (Å²) in [6.07, 6.45) is 0. The normalized spacial score (nSPS) is 15.6. The summed E-state index contributed by atoms with van der Waals surface area (Å²) in [6, 6.07) is 21.5. The lowest BCUT2D eigenvalue weighted by Crippen LogP contribution is -1.91. The molecule has 0 spiro atoms. The van der Waals surface area contributed by atoms with Crippen LogP contribution in [-0.4, -0.2) is 0 Å². The van der Waals surface area contributed by atoms with Gasteiger partial charge >= 0.3 is 0 Å². The van der Waals surface area contributed by atoms with Crippen LogP contribution in [0.25, 0.3) is 86.2 Å². The highest BCUT2D eigenvalue weighted by Gasteiger charge is 2.19. The van der Waals surface area contributed by atoms with Crippen molar-refractivity contribution in [3.8, 4) is 44.5 Å². The molecule has 0 amide bonds. The second-order valence-electron chi connectivity index (χ2n) is 10.7. The molecule has 0 saturated carbocycles. The van der Waals surface area contributed by atoms with Crippen molar-refractivity contribution in [3.05, 3.63) is 170 Å². The number of fused-ring (bicyclic) bond motifs is 5. The van der Waals surface area contributed by atoms with E-state index < -0.39 is 84.1 Å². The fraction of sp³-hybridized carbons (Fsp3) is 0. The van der Waals surface area contributed by atoms with E-state index in [1.807, 2.05) is 54.6 Å². The predicted molar refractivity (Wildman–Crippen MR) is 196 cm³/mol. The Kier molecular flexibility index (Phi) is 3.76. The van der Waals surface area contributed by atoms with Crippen LogP contribution in [0.4, 0.5) is 0 Å². The summed E-state index contributed by atoms with van der Waals surface area (Å²) in [6.45, 7) is 0. The first-order valence-electron chi connectivity index (χ1n) is 20.9. The van der Waals surface area contributed by atoms with Crippen LogP contribution in [0.2, 0.25) is 0 Å². The molecule has 0 radical (unpaired) electrons. The molecule has 0 saturated heterocycles. The van der Waals surface area contributed by atoms with Crippen molar-refractivity contribution >= 4 is 53.1 Å². The molecule has 8 aromatic carbocycles. The molecular formula is C44H28S. The third-order valence-electron chi connectivity index (χ3n) is 8.22. The van der Waals surface area contributed by atoms with Crippen molar-refractivity contribution in [1.82, 2.24) is 0 Å². The Morgan fingerprint density at radius 2 is 0.889 bits per heavy atom. The third kappa shape index (κ3) is 4.20. The Balaban J connectivity index is 1.44. The first-order chi connectivity index (χ1) is 27.7. The van der Waals surface area contributed by atoms with Gasteiger partial charge in [-0.2, -0.15) is 0 Å². The van der Waals surface area contributed by atoms with Crippen molar-refractivity contribution in [2.75, 3.05) is 0 Å². The summed E-state index contributed by atoms with van der Waals surface area (Å²) in [5, 5.41) is 1.45. The zero-order chi connectivity index (χ0) is 41.1. The Bertz CT molecular complexity index is 3140. The van der Waals surface area contributed by atoms with Crippen molar-refractivity contribution in [2.24, 2.45) is 0 Å². The summed E-state index contributed by atoms with van der Waals surface area (Å²) in [5.41, 5.74) is 3.54. The van der Waals surface area contributed by atoms with Crippen LogP contribution >= 0.6 is 11.3 Å². The first kappa shape index (κ1) is 16.0. The molecule has 9 aromatic rings. The molecule has 0 atom stereocenters. The topological polar surface area (TPSA) is 0 Å². The molecule has 1 heteroatoms. The van der Waals surface area contributed by atoms with Gasteiger partial charge in [0.25, 0.3) is 0 Å². The van der Waals surface area contributed by atoms with E-state index >= 15 is 0 Å².